The van der Waals surface area contributed by atoms with Crippen LogP contribution in [0.4, 0.5) is 0 Å². The maximum absolute atomic E-state index is 12.5. The van der Waals surface area contributed by atoms with Crippen LogP contribution in [0.15, 0.2) is 24.4 Å². The SMILES string of the molecule is COc1ccc2ncc(C)c(CCCN3CCN[C@@H](C(=O)OCC4CCCC4)C3)c2c1. The Morgan fingerprint density at radius 3 is 2.94 bits per heavy atom. The number of carbonyl (C=O) groups excluding carboxylic acids is 1. The molecule has 168 valence electrons. The van der Waals surface area contributed by atoms with Gasteiger partial charge in [-0.2, -0.15) is 0 Å². The van der Waals surface area contributed by atoms with E-state index in [-0.39, 0.29) is 12.0 Å². The fourth-order valence-corrected chi connectivity index (χ4v) is 4.91. The van der Waals surface area contributed by atoms with Crippen LogP contribution in [-0.2, 0) is 16.0 Å². The monoisotopic (exact) mass is 425 g/mol. The van der Waals surface area contributed by atoms with Crippen LogP contribution in [0.1, 0.15) is 43.2 Å². The summed E-state index contributed by atoms with van der Waals surface area (Å²) in [5.74, 6) is 1.35. The molecule has 1 aromatic heterocycles. The smallest absolute Gasteiger partial charge is 0.324 e. The maximum Gasteiger partial charge on any atom is 0.324 e. The van der Waals surface area contributed by atoms with Gasteiger partial charge in [-0.05, 0) is 74.4 Å². The van der Waals surface area contributed by atoms with Crippen molar-refractivity contribution >= 4 is 16.9 Å². The molecule has 2 aromatic rings. The van der Waals surface area contributed by atoms with Crippen molar-refractivity contribution in [3.8, 4) is 5.75 Å². The van der Waals surface area contributed by atoms with Crippen LogP contribution in [0.5, 0.6) is 5.75 Å². The van der Waals surface area contributed by atoms with Gasteiger partial charge in [0.05, 0.1) is 19.2 Å². The predicted octanol–water partition coefficient (Wildman–Crippen LogP) is 3.49. The zero-order valence-electron chi connectivity index (χ0n) is 18.9. The maximum atomic E-state index is 12.5. The Labute approximate surface area is 185 Å². The molecule has 6 heteroatoms. The minimum absolute atomic E-state index is 0.0836. The number of benzene rings is 1. The number of nitrogens with zero attached hydrogens (tertiary/aromatic N) is 2. The van der Waals surface area contributed by atoms with Gasteiger partial charge in [0.25, 0.3) is 0 Å². The molecule has 1 saturated carbocycles. The Bertz CT molecular complexity index is 895. The lowest BCUT2D eigenvalue weighted by molar-refractivity contribution is -0.148. The second kappa shape index (κ2) is 10.4. The predicted molar refractivity (Wildman–Crippen MR) is 123 cm³/mol. The van der Waals surface area contributed by atoms with Crippen LogP contribution in [0.25, 0.3) is 10.9 Å². The molecule has 2 fully saturated rings. The first-order valence-electron chi connectivity index (χ1n) is 11.7. The zero-order chi connectivity index (χ0) is 21.6. The zero-order valence-corrected chi connectivity index (χ0v) is 18.9. The van der Waals surface area contributed by atoms with Crippen molar-refractivity contribution < 1.29 is 14.3 Å². The molecule has 6 nitrogen and oxygen atoms in total. The molecule has 0 spiro atoms. The number of methoxy groups -OCH3 is 1. The van der Waals surface area contributed by atoms with Gasteiger partial charge in [0.2, 0.25) is 0 Å². The average Bonchev–Trinajstić information content (AvgIpc) is 3.32. The van der Waals surface area contributed by atoms with Crippen molar-refractivity contribution in [2.24, 2.45) is 5.92 Å². The van der Waals surface area contributed by atoms with Crippen molar-refractivity contribution in [3.05, 3.63) is 35.5 Å². The molecule has 1 aromatic carbocycles. The molecular weight excluding hydrogens is 390 g/mol. The Morgan fingerprint density at radius 1 is 1.29 bits per heavy atom. The van der Waals surface area contributed by atoms with Gasteiger partial charge in [-0.15, -0.1) is 0 Å². The number of aromatic nitrogens is 1. The minimum atomic E-state index is -0.206. The highest BCUT2D eigenvalue weighted by molar-refractivity contribution is 5.84. The number of aryl methyl sites for hydroxylation is 2. The number of hydrogen-bond acceptors (Lipinski definition) is 6. The summed E-state index contributed by atoms with van der Waals surface area (Å²) in [5, 5.41) is 4.51. The lowest BCUT2D eigenvalue weighted by Gasteiger charge is -2.32. The van der Waals surface area contributed by atoms with E-state index in [0.717, 1.165) is 50.3 Å². The first kappa shape index (κ1) is 22.0. The third-order valence-electron chi connectivity index (χ3n) is 6.78. The van der Waals surface area contributed by atoms with E-state index in [1.54, 1.807) is 7.11 Å². The van der Waals surface area contributed by atoms with Crippen molar-refractivity contribution in [1.29, 1.82) is 0 Å². The number of ether oxygens (including phenoxy) is 2. The third-order valence-corrected chi connectivity index (χ3v) is 6.78. The largest absolute Gasteiger partial charge is 0.497 e. The van der Waals surface area contributed by atoms with Crippen molar-refractivity contribution in [2.75, 3.05) is 39.9 Å². The standard InChI is InChI=1S/C25H35N3O3/c1-18-15-27-23-10-9-20(30-2)14-22(23)21(18)8-5-12-28-13-11-26-24(16-28)25(29)31-17-19-6-3-4-7-19/h9-10,14-15,19,24,26H,3-8,11-13,16-17H2,1-2H3/t24-/m1/s1. The van der Waals surface area contributed by atoms with E-state index in [4.69, 9.17) is 9.47 Å². The first-order valence-corrected chi connectivity index (χ1v) is 11.7. The van der Waals surface area contributed by atoms with Crippen molar-refractivity contribution in [2.45, 2.75) is 51.5 Å². The summed E-state index contributed by atoms with van der Waals surface area (Å²) >= 11 is 0. The second-order valence-corrected chi connectivity index (χ2v) is 8.99. The topological polar surface area (TPSA) is 63.7 Å². The molecule has 1 N–H and O–H groups in total. The molecule has 1 saturated heterocycles. The molecule has 0 unspecified atom stereocenters. The van der Waals surface area contributed by atoms with E-state index in [1.165, 1.54) is 42.2 Å². The van der Waals surface area contributed by atoms with Gasteiger partial charge in [-0.1, -0.05) is 12.8 Å². The quantitative estimate of drug-likeness (QED) is 0.653. The summed E-state index contributed by atoms with van der Waals surface area (Å²) in [5.41, 5.74) is 3.56. The number of hydrogen-bond donors (Lipinski definition) is 1. The highest BCUT2D eigenvalue weighted by atomic mass is 16.5. The number of fused-ring (bicyclic) bond motifs is 1. The van der Waals surface area contributed by atoms with Crippen molar-refractivity contribution in [1.82, 2.24) is 15.2 Å². The van der Waals surface area contributed by atoms with Crippen LogP contribution in [0.2, 0.25) is 0 Å². The lowest BCUT2D eigenvalue weighted by Crippen LogP contribution is -2.54. The van der Waals surface area contributed by atoms with E-state index in [9.17, 15) is 4.79 Å². The van der Waals surface area contributed by atoms with Crippen LogP contribution in [0.3, 0.4) is 0 Å². The van der Waals surface area contributed by atoms with E-state index >= 15 is 0 Å². The second-order valence-electron chi connectivity index (χ2n) is 8.99. The van der Waals surface area contributed by atoms with Gasteiger partial charge in [0, 0.05) is 31.2 Å². The molecule has 31 heavy (non-hydrogen) atoms. The van der Waals surface area contributed by atoms with Crippen LogP contribution in [0, 0.1) is 12.8 Å². The summed E-state index contributed by atoms with van der Waals surface area (Å²) in [7, 11) is 1.70. The summed E-state index contributed by atoms with van der Waals surface area (Å²) in [4.78, 5) is 19.5. The van der Waals surface area contributed by atoms with Gasteiger partial charge >= 0.3 is 5.97 Å². The van der Waals surface area contributed by atoms with Gasteiger partial charge in [0.15, 0.2) is 0 Å². The van der Waals surface area contributed by atoms with Crippen LogP contribution in [-0.4, -0.2) is 61.8 Å². The summed E-state index contributed by atoms with van der Waals surface area (Å²) in [6.07, 6.45) is 8.94. The summed E-state index contributed by atoms with van der Waals surface area (Å²) in [6.45, 7) is 6.22. The molecule has 0 bridgehead atoms. The van der Waals surface area contributed by atoms with E-state index in [2.05, 4.69) is 28.2 Å². The van der Waals surface area contributed by atoms with Gasteiger partial charge in [0.1, 0.15) is 11.8 Å². The molecule has 2 aliphatic rings. The molecule has 1 aliphatic carbocycles. The van der Waals surface area contributed by atoms with Gasteiger partial charge in [-0.25, -0.2) is 0 Å². The number of pyridine rings is 1. The van der Waals surface area contributed by atoms with Crippen LogP contribution < -0.4 is 10.1 Å². The lowest BCUT2D eigenvalue weighted by atomic mass is 9.99. The highest BCUT2D eigenvalue weighted by Crippen LogP contribution is 2.26. The molecule has 1 aliphatic heterocycles. The fraction of sp³-hybridized carbons (Fsp3) is 0.600. The number of nitrogens with one attached hydrogen (secondary N) is 1. The molecule has 0 amide bonds. The number of piperazine rings is 1. The number of rotatable bonds is 8. The normalized spacial score (nSPS) is 20.3. The molecule has 0 radical (unpaired) electrons. The van der Waals surface area contributed by atoms with E-state index in [1.807, 2.05) is 18.3 Å². The first-order chi connectivity index (χ1) is 15.1. The molecule has 4 rings (SSSR count). The molecular formula is C25H35N3O3. The van der Waals surface area contributed by atoms with Crippen molar-refractivity contribution in [3.63, 3.8) is 0 Å². The van der Waals surface area contributed by atoms with Gasteiger partial charge < -0.3 is 14.8 Å². The van der Waals surface area contributed by atoms with Gasteiger partial charge in [-0.3, -0.25) is 14.7 Å². The average molecular weight is 426 g/mol. The Hall–Kier alpha value is -2.18. The molecule has 2 heterocycles. The number of esters is 1. The third kappa shape index (κ3) is 5.55. The fourth-order valence-electron chi connectivity index (χ4n) is 4.91. The minimum Gasteiger partial charge on any atom is -0.497 e. The Morgan fingerprint density at radius 2 is 2.13 bits per heavy atom. The molecule has 1 atom stereocenters. The van der Waals surface area contributed by atoms with E-state index < -0.39 is 0 Å². The van der Waals surface area contributed by atoms with E-state index in [0.29, 0.717) is 12.5 Å². The Balaban J connectivity index is 1.30. The highest BCUT2D eigenvalue weighted by Gasteiger charge is 2.27. The number of carbonyl (C=O) groups is 1. The summed E-state index contributed by atoms with van der Waals surface area (Å²) in [6, 6.07) is 5.87. The Kier molecular flexibility index (Phi) is 7.41. The van der Waals surface area contributed by atoms with Crippen LogP contribution >= 0.6 is 0 Å². The summed E-state index contributed by atoms with van der Waals surface area (Å²) < 4.78 is 11.0.